The quantitative estimate of drug-likeness (QED) is 0.504. The van der Waals surface area contributed by atoms with Crippen molar-refractivity contribution >= 4 is 50.4 Å². The minimum atomic E-state index is -0.0750. The molecule has 2 saturated heterocycles. The van der Waals surface area contributed by atoms with Crippen LogP contribution in [0, 0.1) is 6.92 Å². The predicted molar refractivity (Wildman–Crippen MR) is 134 cm³/mol. The van der Waals surface area contributed by atoms with E-state index in [9.17, 15) is 4.79 Å². The van der Waals surface area contributed by atoms with Gasteiger partial charge in [0.25, 0.3) is 5.91 Å². The number of nitrogens with zero attached hydrogens (tertiary/aromatic N) is 2. The zero-order valence-electron chi connectivity index (χ0n) is 18.4. The number of fused-ring (bicyclic) bond motifs is 3. The summed E-state index contributed by atoms with van der Waals surface area (Å²) in [7, 11) is 1.84. The normalized spacial score (nSPS) is 20.0. The summed E-state index contributed by atoms with van der Waals surface area (Å²) in [5.74, 6) is -0.0750. The zero-order valence-corrected chi connectivity index (χ0v) is 19.9. The van der Waals surface area contributed by atoms with Crippen LogP contribution in [0.1, 0.15) is 33.8 Å². The molecule has 4 heterocycles. The second kappa shape index (κ2) is 8.89. The van der Waals surface area contributed by atoms with Crippen molar-refractivity contribution in [2.45, 2.75) is 38.3 Å². The first-order valence-electron chi connectivity index (χ1n) is 11.2. The van der Waals surface area contributed by atoms with Crippen LogP contribution in [-0.4, -0.2) is 49.7 Å². The summed E-state index contributed by atoms with van der Waals surface area (Å²) in [6.07, 6.45) is 3.23. The minimum absolute atomic E-state index is 0.0750. The fourth-order valence-electron chi connectivity index (χ4n) is 4.84. The predicted octanol–water partition coefficient (Wildman–Crippen LogP) is 4.21. The third kappa shape index (κ3) is 4.17. The second-order valence-electron chi connectivity index (χ2n) is 8.70. The number of rotatable bonds is 6. The first kappa shape index (κ1) is 21.5. The molecule has 0 unspecified atom stereocenters. The molecular weight excluding hydrogens is 442 g/mol. The van der Waals surface area contributed by atoms with Crippen LogP contribution in [0.4, 0.5) is 11.4 Å². The molecule has 0 spiro atoms. The summed E-state index contributed by atoms with van der Waals surface area (Å²) in [5.41, 5.74) is 4.03. The lowest BCUT2D eigenvalue weighted by molar-refractivity contribution is 0.0959. The average Bonchev–Trinajstić information content (AvgIpc) is 3.31. The molecule has 2 atom stereocenters. The van der Waals surface area contributed by atoms with Crippen molar-refractivity contribution in [1.82, 2.24) is 15.6 Å². The van der Waals surface area contributed by atoms with Gasteiger partial charge >= 0.3 is 0 Å². The highest BCUT2D eigenvalue weighted by Crippen LogP contribution is 2.35. The van der Waals surface area contributed by atoms with Crippen molar-refractivity contribution in [3.63, 3.8) is 0 Å². The molecule has 168 valence electrons. The number of piperazine rings is 1. The van der Waals surface area contributed by atoms with Crippen LogP contribution < -0.4 is 20.9 Å². The number of thiophene rings is 1. The van der Waals surface area contributed by atoms with Gasteiger partial charge in [0.1, 0.15) is 9.71 Å². The Hall–Kier alpha value is -2.35. The number of halogens is 1. The Morgan fingerprint density at radius 1 is 1.25 bits per heavy atom. The number of benzene rings is 1. The van der Waals surface area contributed by atoms with Crippen molar-refractivity contribution in [2.24, 2.45) is 0 Å². The first-order valence-corrected chi connectivity index (χ1v) is 12.4. The lowest BCUT2D eigenvalue weighted by Crippen LogP contribution is -2.51. The Balaban J connectivity index is 1.22. The van der Waals surface area contributed by atoms with E-state index >= 15 is 0 Å². The minimum Gasteiger partial charge on any atom is -0.386 e. The van der Waals surface area contributed by atoms with E-state index < -0.39 is 0 Å². The maximum Gasteiger partial charge on any atom is 0.263 e. The SMILES string of the molecule is CNc1c(C(=O)NCCc2ccc(N3C[C@H]4CC[C@@H](C3)N4)c(Cl)c2)sc2nc(C)ccc12. The van der Waals surface area contributed by atoms with Gasteiger partial charge < -0.3 is 20.9 Å². The molecule has 5 rings (SSSR count). The topological polar surface area (TPSA) is 69.3 Å². The van der Waals surface area contributed by atoms with Gasteiger partial charge in [-0.2, -0.15) is 0 Å². The van der Waals surface area contributed by atoms with E-state index in [0.29, 0.717) is 23.5 Å². The van der Waals surface area contributed by atoms with Crippen LogP contribution in [-0.2, 0) is 6.42 Å². The molecule has 2 aliphatic rings. The van der Waals surface area contributed by atoms with Gasteiger partial charge in [0.2, 0.25) is 0 Å². The fraction of sp³-hybridized carbons (Fsp3) is 0.417. The second-order valence-corrected chi connectivity index (χ2v) is 10.1. The van der Waals surface area contributed by atoms with Crippen molar-refractivity contribution in [3.8, 4) is 0 Å². The summed E-state index contributed by atoms with van der Waals surface area (Å²) in [4.78, 5) is 21.4. The number of hydrogen-bond acceptors (Lipinski definition) is 6. The third-order valence-electron chi connectivity index (χ3n) is 6.42. The highest BCUT2D eigenvalue weighted by molar-refractivity contribution is 7.21. The Kier molecular flexibility index (Phi) is 5.97. The molecule has 0 aliphatic carbocycles. The van der Waals surface area contributed by atoms with Crippen LogP contribution in [0.15, 0.2) is 30.3 Å². The number of aromatic nitrogens is 1. The number of carbonyl (C=O) groups is 1. The van der Waals surface area contributed by atoms with E-state index in [1.54, 1.807) is 0 Å². The van der Waals surface area contributed by atoms with E-state index in [4.69, 9.17) is 11.6 Å². The third-order valence-corrected chi connectivity index (χ3v) is 7.82. The lowest BCUT2D eigenvalue weighted by atomic mass is 10.1. The van der Waals surface area contributed by atoms with Crippen LogP contribution >= 0.6 is 22.9 Å². The largest absolute Gasteiger partial charge is 0.386 e. The lowest BCUT2D eigenvalue weighted by Gasteiger charge is -2.35. The van der Waals surface area contributed by atoms with Crippen LogP contribution in [0.25, 0.3) is 10.2 Å². The van der Waals surface area contributed by atoms with E-state index in [2.05, 4.69) is 38.0 Å². The Labute approximate surface area is 197 Å². The van der Waals surface area contributed by atoms with E-state index in [1.807, 2.05) is 32.2 Å². The molecule has 1 amide bonds. The number of nitrogens with one attached hydrogen (secondary N) is 3. The van der Waals surface area contributed by atoms with E-state index in [1.165, 1.54) is 24.2 Å². The van der Waals surface area contributed by atoms with Gasteiger partial charge in [0, 0.05) is 49.8 Å². The van der Waals surface area contributed by atoms with Crippen LogP contribution in [0.2, 0.25) is 5.02 Å². The summed E-state index contributed by atoms with van der Waals surface area (Å²) < 4.78 is 0. The standard InChI is InChI=1S/C24H28ClN5OS/c1-14-3-7-18-21(26-2)22(32-24(18)28-14)23(31)27-10-9-15-4-8-20(19(25)11-15)30-12-16-5-6-17(13-30)29-16/h3-4,7-8,11,16-17,26,29H,5-6,9-10,12-13H2,1-2H3,(H,27,31)/t16-,17+. The molecule has 2 aliphatic heterocycles. The maximum atomic E-state index is 12.9. The molecule has 32 heavy (non-hydrogen) atoms. The molecule has 3 N–H and O–H groups in total. The van der Waals surface area contributed by atoms with Crippen molar-refractivity contribution in [2.75, 3.05) is 36.9 Å². The average molecular weight is 470 g/mol. The van der Waals surface area contributed by atoms with Gasteiger partial charge in [-0.15, -0.1) is 11.3 Å². The van der Waals surface area contributed by atoms with Crippen molar-refractivity contribution < 1.29 is 4.79 Å². The zero-order chi connectivity index (χ0) is 22.2. The monoisotopic (exact) mass is 469 g/mol. The highest BCUT2D eigenvalue weighted by Gasteiger charge is 2.32. The summed E-state index contributed by atoms with van der Waals surface area (Å²) >= 11 is 8.08. The molecule has 8 heteroatoms. The summed E-state index contributed by atoms with van der Waals surface area (Å²) in [6, 6.07) is 11.4. The van der Waals surface area contributed by atoms with Gasteiger partial charge in [0.05, 0.1) is 16.4 Å². The van der Waals surface area contributed by atoms with Gasteiger partial charge in [0.15, 0.2) is 0 Å². The number of hydrogen-bond donors (Lipinski definition) is 3. The van der Waals surface area contributed by atoms with Gasteiger partial charge in [-0.25, -0.2) is 4.98 Å². The molecule has 3 aromatic rings. The van der Waals surface area contributed by atoms with Crippen LogP contribution in [0.5, 0.6) is 0 Å². The molecule has 1 aromatic carbocycles. The van der Waals surface area contributed by atoms with Gasteiger partial charge in [-0.3, -0.25) is 4.79 Å². The van der Waals surface area contributed by atoms with Crippen LogP contribution in [0.3, 0.4) is 0 Å². The highest BCUT2D eigenvalue weighted by atomic mass is 35.5. The first-order chi connectivity index (χ1) is 15.5. The molecule has 2 bridgehead atoms. The van der Waals surface area contributed by atoms with E-state index in [-0.39, 0.29) is 5.91 Å². The number of pyridine rings is 1. The fourth-order valence-corrected chi connectivity index (χ4v) is 6.30. The summed E-state index contributed by atoms with van der Waals surface area (Å²) in [5, 5.41) is 11.7. The van der Waals surface area contributed by atoms with Gasteiger partial charge in [-0.1, -0.05) is 17.7 Å². The van der Waals surface area contributed by atoms with E-state index in [0.717, 1.165) is 57.4 Å². The molecule has 6 nitrogen and oxygen atoms in total. The number of amides is 1. The number of anilines is 2. The van der Waals surface area contributed by atoms with Crippen molar-refractivity contribution in [1.29, 1.82) is 0 Å². The Bertz CT molecular complexity index is 1150. The maximum absolute atomic E-state index is 12.9. The smallest absolute Gasteiger partial charge is 0.263 e. The Morgan fingerprint density at radius 2 is 2.03 bits per heavy atom. The molecule has 2 aromatic heterocycles. The Morgan fingerprint density at radius 3 is 2.75 bits per heavy atom. The molecule has 2 fully saturated rings. The van der Waals surface area contributed by atoms with Crippen molar-refractivity contribution in [3.05, 3.63) is 51.5 Å². The molecular formula is C24H28ClN5OS. The summed E-state index contributed by atoms with van der Waals surface area (Å²) in [6.45, 7) is 4.54. The molecule has 0 saturated carbocycles. The number of aryl methyl sites for hydroxylation is 1. The number of carbonyl (C=O) groups excluding carboxylic acids is 1. The molecule has 0 radical (unpaired) electrons. The van der Waals surface area contributed by atoms with Gasteiger partial charge in [-0.05, 0) is 56.0 Å².